The number of rotatable bonds is 4. The minimum atomic E-state index is 0.462. The van der Waals surface area contributed by atoms with Gasteiger partial charge in [-0.05, 0) is 51.4 Å². The Morgan fingerprint density at radius 1 is 1.22 bits per heavy atom. The van der Waals surface area contributed by atoms with E-state index in [9.17, 15) is 0 Å². The third-order valence-corrected chi connectivity index (χ3v) is 4.05. The Kier molecular flexibility index (Phi) is 5.21. The Morgan fingerprint density at radius 3 is 2.72 bits per heavy atom. The predicted octanol–water partition coefficient (Wildman–Crippen LogP) is 3.21. The highest BCUT2D eigenvalue weighted by Gasteiger charge is 2.17. The smallest absolute Gasteiger partial charge is 0.0294 e. The van der Waals surface area contributed by atoms with Gasteiger partial charge in [0.15, 0.2) is 0 Å². The van der Waals surface area contributed by atoms with E-state index in [2.05, 4.69) is 54.4 Å². The lowest BCUT2D eigenvalue weighted by atomic mass is 10.0. The molecule has 0 aromatic heterocycles. The zero-order valence-corrected chi connectivity index (χ0v) is 11.7. The van der Waals surface area contributed by atoms with E-state index in [0.717, 1.165) is 0 Å². The van der Waals surface area contributed by atoms with Crippen LogP contribution in [0.15, 0.2) is 30.3 Å². The van der Waals surface area contributed by atoms with Crippen LogP contribution in [0, 0.1) is 0 Å². The van der Waals surface area contributed by atoms with E-state index in [-0.39, 0.29) is 0 Å². The Hall–Kier alpha value is -0.860. The number of nitrogens with one attached hydrogen (secondary N) is 1. The average Bonchev–Trinajstić information content (AvgIpc) is 2.65. The van der Waals surface area contributed by atoms with E-state index in [0.29, 0.717) is 12.1 Å². The molecule has 0 saturated carbocycles. The second kappa shape index (κ2) is 6.91. The van der Waals surface area contributed by atoms with Gasteiger partial charge in [0.1, 0.15) is 0 Å². The maximum Gasteiger partial charge on any atom is 0.0294 e. The molecule has 2 nitrogen and oxygen atoms in total. The Bertz CT molecular complexity index is 336. The van der Waals surface area contributed by atoms with E-state index in [1.165, 1.54) is 44.5 Å². The second-order valence-corrected chi connectivity index (χ2v) is 5.36. The fourth-order valence-corrected chi connectivity index (χ4v) is 2.83. The van der Waals surface area contributed by atoms with Crippen molar-refractivity contribution in [3.05, 3.63) is 35.9 Å². The first-order valence-electron chi connectivity index (χ1n) is 7.33. The van der Waals surface area contributed by atoms with Crippen molar-refractivity contribution in [2.24, 2.45) is 0 Å². The number of nitrogens with zero attached hydrogens (tertiary/aromatic N) is 1. The van der Waals surface area contributed by atoms with Crippen molar-refractivity contribution in [1.82, 2.24) is 10.2 Å². The van der Waals surface area contributed by atoms with Crippen molar-refractivity contribution in [1.29, 1.82) is 0 Å². The molecule has 18 heavy (non-hydrogen) atoms. The quantitative estimate of drug-likeness (QED) is 0.877. The van der Waals surface area contributed by atoms with Crippen LogP contribution >= 0.6 is 0 Å². The minimum Gasteiger partial charge on any atom is -0.307 e. The molecule has 100 valence electrons. The molecular weight excluding hydrogens is 220 g/mol. The van der Waals surface area contributed by atoms with Crippen LogP contribution in [0.25, 0.3) is 0 Å². The van der Waals surface area contributed by atoms with E-state index in [1.54, 1.807) is 0 Å². The van der Waals surface area contributed by atoms with Crippen molar-refractivity contribution in [2.45, 2.75) is 45.2 Å². The SMILES string of the molecule is CCN1CCCC(N[C@H](C)c2ccccc2)CC1. The molecule has 1 aliphatic heterocycles. The lowest BCUT2D eigenvalue weighted by molar-refractivity contribution is 0.295. The highest BCUT2D eigenvalue weighted by atomic mass is 15.1. The van der Waals surface area contributed by atoms with E-state index < -0.39 is 0 Å². The largest absolute Gasteiger partial charge is 0.307 e. The lowest BCUT2D eigenvalue weighted by Crippen LogP contribution is -2.32. The van der Waals surface area contributed by atoms with Gasteiger partial charge in [0.2, 0.25) is 0 Å². The fraction of sp³-hybridized carbons (Fsp3) is 0.625. The van der Waals surface area contributed by atoms with Gasteiger partial charge in [-0.1, -0.05) is 37.3 Å². The third-order valence-electron chi connectivity index (χ3n) is 4.05. The zero-order valence-electron chi connectivity index (χ0n) is 11.7. The number of likely N-dealkylation sites (tertiary alicyclic amines) is 1. The first kappa shape index (κ1) is 13.6. The Morgan fingerprint density at radius 2 is 2.00 bits per heavy atom. The molecule has 0 spiro atoms. The first-order valence-corrected chi connectivity index (χ1v) is 7.33. The Labute approximate surface area is 111 Å². The molecule has 1 N–H and O–H groups in total. The van der Waals surface area contributed by atoms with E-state index in [4.69, 9.17) is 0 Å². The molecular formula is C16H26N2. The molecule has 1 aliphatic rings. The summed E-state index contributed by atoms with van der Waals surface area (Å²) in [5.74, 6) is 0. The summed E-state index contributed by atoms with van der Waals surface area (Å²) in [6.45, 7) is 8.25. The Balaban J connectivity index is 1.86. The van der Waals surface area contributed by atoms with Gasteiger partial charge in [-0.3, -0.25) is 0 Å². The highest BCUT2D eigenvalue weighted by molar-refractivity contribution is 5.18. The number of benzene rings is 1. The normalized spacial score (nSPS) is 23.6. The molecule has 1 aromatic carbocycles. The van der Waals surface area contributed by atoms with E-state index in [1.807, 2.05) is 0 Å². The number of hydrogen-bond donors (Lipinski definition) is 1. The highest BCUT2D eigenvalue weighted by Crippen LogP contribution is 2.17. The van der Waals surface area contributed by atoms with Crippen LogP contribution in [0.4, 0.5) is 0 Å². The third kappa shape index (κ3) is 3.82. The van der Waals surface area contributed by atoms with Crippen LogP contribution in [0.1, 0.15) is 44.7 Å². The molecule has 0 bridgehead atoms. The molecule has 2 rings (SSSR count). The van der Waals surface area contributed by atoms with Crippen molar-refractivity contribution >= 4 is 0 Å². The van der Waals surface area contributed by atoms with Crippen molar-refractivity contribution in [3.8, 4) is 0 Å². The molecule has 1 heterocycles. The molecule has 0 radical (unpaired) electrons. The lowest BCUT2D eigenvalue weighted by Gasteiger charge is -2.22. The molecule has 0 amide bonds. The van der Waals surface area contributed by atoms with Gasteiger partial charge in [-0.2, -0.15) is 0 Å². The molecule has 1 saturated heterocycles. The fourth-order valence-electron chi connectivity index (χ4n) is 2.83. The summed E-state index contributed by atoms with van der Waals surface area (Å²) in [5, 5.41) is 3.79. The van der Waals surface area contributed by atoms with Crippen molar-refractivity contribution in [3.63, 3.8) is 0 Å². The maximum atomic E-state index is 3.79. The van der Waals surface area contributed by atoms with Crippen LogP contribution in [0.3, 0.4) is 0 Å². The molecule has 0 aliphatic carbocycles. The van der Waals surface area contributed by atoms with Crippen molar-refractivity contribution < 1.29 is 0 Å². The van der Waals surface area contributed by atoms with Crippen LogP contribution in [-0.4, -0.2) is 30.6 Å². The van der Waals surface area contributed by atoms with Gasteiger partial charge in [0.25, 0.3) is 0 Å². The summed E-state index contributed by atoms with van der Waals surface area (Å²) < 4.78 is 0. The van der Waals surface area contributed by atoms with Crippen LogP contribution in [-0.2, 0) is 0 Å². The van der Waals surface area contributed by atoms with Crippen LogP contribution < -0.4 is 5.32 Å². The summed E-state index contributed by atoms with van der Waals surface area (Å²) in [5.41, 5.74) is 1.40. The average molecular weight is 246 g/mol. The summed E-state index contributed by atoms with van der Waals surface area (Å²) in [6, 6.07) is 11.9. The summed E-state index contributed by atoms with van der Waals surface area (Å²) >= 11 is 0. The first-order chi connectivity index (χ1) is 8.79. The summed E-state index contributed by atoms with van der Waals surface area (Å²) in [7, 11) is 0. The van der Waals surface area contributed by atoms with E-state index >= 15 is 0 Å². The number of hydrogen-bond acceptors (Lipinski definition) is 2. The molecule has 2 atom stereocenters. The second-order valence-electron chi connectivity index (χ2n) is 5.36. The van der Waals surface area contributed by atoms with Crippen molar-refractivity contribution in [2.75, 3.05) is 19.6 Å². The summed E-state index contributed by atoms with van der Waals surface area (Å²) in [4.78, 5) is 2.56. The van der Waals surface area contributed by atoms with Gasteiger partial charge in [0, 0.05) is 12.1 Å². The molecule has 2 heteroatoms. The molecule has 1 fully saturated rings. The summed E-state index contributed by atoms with van der Waals surface area (Å²) in [6.07, 6.45) is 3.92. The van der Waals surface area contributed by atoms with Gasteiger partial charge >= 0.3 is 0 Å². The van der Waals surface area contributed by atoms with Gasteiger partial charge in [-0.25, -0.2) is 0 Å². The monoisotopic (exact) mass is 246 g/mol. The standard InChI is InChI=1S/C16H26N2/c1-3-18-12-7-10-16(11-13-18)17-14(2)15-8-5-4-6-9-15/h4-6,8-9,14,16-17H,3,7,10-13H2,1-2H3/t14-,16?/m1/s1. The van der Waals surface area contributed by atoms with Crippen LogP contribution in [0.2, 0.25) is 0 Å². The van der Waals surface area contributed by atoms with Gasteiger partial charge in [0.05, 0.1) is 0 Å². The topological polar surface area (TPSA) is 15.3 Å². The van der Waals surface area contributed by atoms with Crippen LogP contribution in [0.5, 0.6) is 0 Å². The molecule has 1 unspecified atom stereocenters. The van der Waals surface area contributed by atoms with Gasteiger partial charge < -0.3 is 10.2 Å². The molecule has 1 aromatic rings. The minimum absolute atomic E-state index is 0.462. The van der Waals surface area contributed by atoms with Gasteiger partial charge in [-0.15, -0.1) is 0 Å². The predicted molar refractivity (Wildman–Crippen MR) is 77.7 cm³/mol. The maximum absolute atomic E-state index is 3.79. The zero-order chi connectivity index (χ0) is 12.8.